The topological polar surface area (TPSA) is 86.5 Å². The first-order valence-corrected chi connectivity index (χ1v) is 8.42. The highest BCUT2D eigenvalue weighted by molar-refractivity contribution is 6.06. The van der Waals surface area contributed by atoms with Crippen molar-refractivity contribution in [2.75, 3.05) is 6.61 Å². The molecule has 2 aromatic rings. The molecule has 134 valence electrons. The number of non-ortho nitro benzene ring substituents is 1. The largest absolute Gasteiger partial charge is 0.466 e. The summed E-state index contributed by atoms with van der Waals surface area (Å²) in [4.78, 5) is 34.9. The number of benzene rings is 2. The molecule has 0 amide bonds. The molecule has 0 bridgehead atoms. The molecule has 3 rings (SSSR count). The second-order valence-electron chi connectivity index (χ2n) is 6.72. The molecule has 6 heteroatoms. The van der Waals surface area contributed by atoms with Crippen molar-refractivity contribution in [2.45, 2.75) is 26.7 Å². The first-order chi connectivity index (χ1) is 12.3. The van der Waals surface area contributed by atoms with Gasteiger partial charge in [-0.15, -0.1) is 0 Å². The van der Waals surface area contributed by atoms with Crippen LogP contribution in [0.15, 0.2) is 42.5 Å². The fourth-order valence-electron chi connectivity index (χ4n) is 3.42. The summed E-state index contributed by atoms with van der Waals surface area (Å²) in [6.45, 7) is 3.82. The van der Waals surface area contributed by atoms with Crippen LogP contribution < -0.4 is 0 Å². The van der Waals surface area contributed by atoms with Gasteiger partial charge in [-0.3, -0.25) is 19.7 Å². The van der Waals surface area contributed by atoms with E-state index in [-0.39, 0.29) is 23.9 Å². The van der Waals surface area contributed by atoms with Gasteiger partial charge in [-0.2, -0.15) is 0 Å². The number of hydrogen-bond acceptors (Lipinski definition) is 5. The summed E-state index contributed by atoms with van der Waals surface area (Å²) in [5.74, 6) is -0.414. The Balaban J connectivity index is 1.87. The van der Waals surface area contributed by atoms with Gasteiger partial charge >= 0.3 is 5.97 Å². The van der Waals surface area contributed by atoms with Gasteiger partial charge in [0.1, 0.15) is 0 Å². The fourth-order valence-corrected chi connectivity index (χ4v) is 3.42. The van der Waals surface area contributed by atoms with Gasteiger partial charge in [0.15, 0.2) is 5.78 Å². The zero-order valence-electron chi connectivity index (χ0n) is 14.7. The number of esters is 1. The maximum Gasteiger partial charge on any atom is 0.306 e. The Morgan fingerprint density at radius 1 is 1.19 bits per heavy atom. The predicted octanol–water partition coefficient (Wildman–Crippen LogP) is 3.96. The number of carbonyl (C=O) groups excluding carboxylic acids is 2. The van der Waals surface area contributed by atoms with Gasteiger partial charge in [0.25, 0.3) is 5.69 Å². The number of hydrogen-bond donors (Lipinski definition) is 0. The minimum atomic E-state index is -0.789. The van der Waals surface area contributed by atoms with E-state index in [1.165, 1.54) is 12.1 Å². The maximum atomic E-state index is 12.7. The van der Waals surface area contributed by atoms with E-state index in [0.717, 1.165) is 16.7 Å². The van der Waals surface area contributed by atoms with Crippen LogP contribution in [0.25, 0.3) is 11.1 Å². The van der Waals surface area contributed by atoms with E-state index in [9.17, 15) is 19.7 Å². The fraction of sp³-hybridized carbons (Fsp3) is 0.300. The van der Waals surface area contributed by atoms with Crippen LogP contribution in [0.3, 0.4) is 0 Å². The monoisotopic (exact) mass is 353 g/mol. The van der Waals surface area contributed by atoms with Crippen LogP contribution >= 0.6 is 0 Å². The molecule has 0 radical (unpaired) electrons. The van der Waals surface area contributed by atoms with Crippen molar-refractivity contribution >= 4 is 17.4 Å². The summed E-state index contributed by atoms with van der Waals surface area (Å²) in [5.41, 5.74) is 2.48. The van der Waals surface area contributed by atoms with Crippen molar-refractivity contribution in [3.05, 3.63) is 63.7 Å². The smallest absolute Gasteiger partial charge is 0.306 e. The van der Waals surface area contributed by atoms with E-state index >= 15 is 0 Å². The predicted molar refractivity (Wildman–Crippen MR) is 95.9 cm³/mol. The molecular formula is C20H19NO5. The van der Waals surface area contributed by atoms with Gasteiger partial charge in [0.05, 0.1) is 18.0 Å². The third-order valence-corrected chi connectivity index (χ3v) is 4.73. The van der Waals surface area contributed by atoms with Crippen molar-refractivity contribution in [1.82, 2.24) is 0 Å². The molecule has 2 aromatic carbocycles. The van der Waals surface area contributed by atoms with Crippen LogP contribution in [0.1, 0.15) is 36.2 Å². The van der Waals surface area contributed by atoms with Gasteiger partial charge < -0.3 is 4.74 Å². The summed E-state index contributed by atoms with van der Waals surface area (Å²) in [6.07, 6.45) is 0.530. The molecule has 0 saturated carbocycles. The zero-order valence-corrected chi connectivity index (χ0v) is 14.7. The third-order valence-electron chi connectivity index (χ3n) is 4.73. The number of nitro benzene ring substituents is 1. The first-order valence-electron chi connectivity index (χ1n) is 8.42. The Bertz CT molecular complexity index is 888. The zero-order chi connectivity index (χ0) is 18.9. The average Bonchev–Trinajstić information content (AvgIpc) is 2.85. The lowest BCUT2D eigenvalue weighted by Gasteiger charge is -2.20. The van der Waals surface area contributed by atoms with E-state index in [4.69, 9.17) is 4.74 Å². The maximum absolute atomic E-state index is 12.7. The molecule has 0 aliphatic heterocycles. The Labute approximate surface area is 150 Å². The van der Waals surface area contributed by atoms with Crippen molar-refractivity contribution in [1.29, 1.82) is 0 Å². The summed E-state index contributed by atoms with van der Waals surface area (Å²) < 4.78 is 4.99. The molecule has 6 nitrogen and oxygen atoms in total. The van der Waals surface area contributed by atoms with Crippen molar-refractivity contribution in [3.63, 3.8) is 0 Å². The van der Waals surface area contributed by atoms with E-state index in [0.29, 0.717) is 18.6 Å². The molecule has 0 fully saturated rings. The van der Waals surface area contributed by atoms with Crippen molar-refractivity contribution < 1.29 is 19.2 Å². The second-order valence-corrected chi connectivity index (χ2v) is 6.72. The number of nitrogens with zero attached hydrogens (tertiary/aromatic N) is 1. The number of carbonyl (C=O) groups is 2. The number of rotatable bonds is 5. The van der Waals surface area contributed by atoms with Crippen LogP contribution in [-0.2, 0) is 16.0 Å². The number of fused-ring (bicyclic) bond motifs is 1. The van der Waals surface area contributed by atoms with Crippen LogP contribution in [-0.4, -0.2) is 23.3 Å². The summed E-state index contributed by atoms with van der Waals surface area (Å²) in [5, 5.41) is 10.8. The van der Waals surface area contributed by atoms with Gasteiger partial charge in [-0.1, -0.05) is 25.1 Å². The highest BCUT2D eigenvalue weighted by atomic mass is 16.6. The van der Waals surface area contributed by atoms with Gasteiger partial charge in [0.2, 0.25) is 0 Å². The lowest BCUT2D eigenvalue weighted by atomic mass is 9.83. The Morgan fingerprint density at radius 2 is 1.85 bits per heavy atom. The number of nitro groups is 1. The summed E-state index contributed by atoms with van der Waals surface area (Å²) >= 11 is 0. The van der Waals surface area contributed by atoms with Crippen LogP contribution in [0.4, 0.5) is 5.69 Å². The molecule has 1 aliphatic carbocycles. The second kappa shape index (κ2) is 6.71. The number of Topliss-reactive ketones (excluding diaryl/α,β-unsaturated/α-hetero) is 1. The number of ether oxygens (including phenoxy) is 1. The SMILES string of the molecule is CCOC(=O)CC1(C)Cc2cc(-c3ccc([N+](=O)[O-])cc3)ccc2C1=O. The molecule has 0 heterocycles. The van der Waals surface area contributed by atoms with Crippen LogP contribution in [0, 0.1) is 15.5 Å². The van der Waals surface area contributed by atoms with E-state index < -0.39 is 10.3 Å². The Morgan fingerprint density at radius 3 is 2.46 bits per heavy atom. The van der Waals surface area contributed by atoms with E-state index in [1.54, 1.807) is 32.0 Å². The Hall–Kier alpha value is -3.02. The molecule has 0 spiro atoms. The molecule has 0 aromatic heterocycles. The molecule has 1 aliphatic rings. The quantitative estimate of drug-likeness (QED) is 0.461. The first kappa shape index (κ1) is 17.8. The van der Waals surface area contributed by atoms with Gasteiger partial charge in [-0.05, 0) is 42.2 Å². The van der Waals surface area contributed by atoms with E-state index in [1.807, 2.05) is 12.1 Å². The Kier molecular flexibility index (Phi) is 4.59. The number of ketones is 1. The van der Waals surface area contributed by atoms with E-state index in [2.05, 4.69) is 0 Å². The highest BCUT2D eigenvalue weighted by Gasteiger charge is 2.43. The van der Waals surface area contributed by atoms with Crippen molar-refractivity contribution in [2.24, 2.45) is 5.41 Å². The van der Waals surface area contributed by atoms with Gasteiger partial charge in [-0.25, -0.2) is 0 Å². The van der Waals surface area contributed by atoms with Crippen molar-refractivity contribution in [3.8, 4) is 11.1 Å². The minimum absolute atomic E-state index is 0.0344. The third kappa shape index (κ3) is 3.22. The molecule has 1 unspecified atom stereocenters. The lowest BCUT2D eigenvalue weighted by molar-refractivity contribution is -0.384. The van der Waals surface area contributed by atoms with Crippen LogP contribution in [0.2, 0.25) is 0 Å². The molecule has 1 atom stereocenters. The normalized spacial score (nSPS) is 18.5. The average molecular weight is 353 g/mol. The van der Waals surface area contributed by atoms with Gasteiger partial charge in [0, 0.05) is 23.1 Å². The minimum Gasteiger partial charge on any atom is -0.466 e. The molecule has 0 saturated heterocycles. The highest BCUT2D eigenvalue weighted by Crippen LogP contribution is 2.41. The summed E-state index contributed by atoms with van der Waals surface area (Å²) in [6, 6.07) is 11.8. The standard InChI is InChI=1S/C20H19NO5/c1-3-26-18(22)12-20(2)11-15-10-14(6-9-17(15)19(20)23)13-4-7-16(8-5-13)21(24)25/h4-10H,3,11-12H2,1-2H3. The lowest BCUT2D eigenvalue weighted by Crippen LogP contribution is -2.28. The molecular weight excluding hydrogens is 334 g/mol. The molecule has 0 N–H and O–H groups in total. The molecule has 26 heavy (non-hydrogen) atoms. The summed E-state index contributed by atoms with van der Waals surface area (Å²) in [7, 11) is 0. The van der Waals surface area contributed by atoms with Crippen LogP contribution in [0.5, 0.6) is 0 Å².